The van der Waals surface area contributed by atoms with Gasteiger partial charge >= 0.3 is 0 Å². The molecular formula is C19H17N3O3S4. The number of thioether (sulfide) groups is 2. The number of amides is 1. The Bertz CT molecular complexity index is 1230. The molecule has 0 atom stereocenters. The molecule has 0 saturated carbocycles. The minimum atomic E-state index is -0.268. The molecule has 29 heavy (non-hydrogen) atoms. The number of anilines is 1. The largest absolute Gasteiger partial charge is 0.497 e. The van der Waals surface area contributed by atoms with E-state index in [-0.39, 0.29) is 11.5 Å². The van der Waals surface area contributed by atoms with Gasteiger partial charge in [0.2, 0.25) is 0 Å². The Morgan fingerprint density at radius 3 is 2.72 bits per heavy atom. The number of hydrogen-bond acceptors (Lipinski definition) is 8. The van der Waals surface area contributed by atoms with Crippen molar-refractivity contribution < 1.29 is 9.53 Å². The monoisotopic (exact) mass is 463 g/mol. The molecule has 150 valence electrons. The number of ether oxygens (including phenoxy) is 1. The third kappa shape index (κ3) is 3.43. The van der Waals surface area contributed by atoms with Crippen molar-refractivity contribution in [3.8, 4) is 5.75 Å². The lowest BCUT2D eigenvalue weighted by atomic mass is 10.2. The lowest BCUT2D eigenvalue weighted by Crippen LogP contribution is -2.35. The Morgan fingerprint density at radius 2 is 2.10 bits per heavy atom. The predicted octanol–water partition coefficient (Wildman–Crippen LogP) is 2.06. The third-order valence-electron chi connectivity index (χ3n) is 4.42. The smallest absolute Gasteiger partial charge is 0.272 e. The molecule has 1 N–H and O–H groups in total. The van der Waals surface area contributed by atoms with Gasteiger partial charge in [-0.15, -0.1) is 17.9 Å². The number of fused-ring (bicyclic) bond motifs is 1. The highest BCUT2D eigenvalue weighted by Gasteiger charge is 2.29. The Hall–Kier alpha value is -2.01. The molecular weight excluding hydrogens is 446 g/mol. The van der Waals surface area contributed by atoms with Crippen LogP contribution in [0.1, 0.15) is 6.92 Å². The molecule has 0 radical (unpaired) electrons. The highest BCUT2D eigenvalue weighted by molar-refractivity contribution is 8.30. The van der Waals surface area contributed by atoms with E-state index in [1.54, 1.807) is 29.5 Å². The molecule has 6 nitrogen and oxygen atoms in total. The van der Waals surface area contributed by atoms with E-state index in [0.717, 1.165) is 21.4 Å². The van der Waals surface area contributed by atoms with Crippen LogP contribution in [0.4, 0.5) is 5.69 Å². The minimum Gasteiger partial charge on any atom is -0.497 e. The maximum atomic E-state index is 13.3. The molecule has 3 heterocycles. The molecule has 4 rings (SSSR count). The van der Waals surface area contributed by atoms with Crippen molar-refractivity contribution in [2.75, 3.05) is 18.6 Å². The second-order valence-corrected chi connectivity index (χ2v) is 9.82. The van der Waals surface area contributed by atoms with Crippen LogP contribution in [0.15, 0.2) is 40.5 Å². The average Bonchev–Trinajstić information content (AvgIpc) is 3.34. The Labute approximate surface area is 184 Å². The molecule has 2 aromatic rings. The van der Waals surface area contributed by atoms with Crippen LogP contribution in [0.3, 0.4) is 0 Å². The van der Waals surface area contributed by atoms with Crippen molar-refractivity contribution in [1.82, 2.24) is 9.88 Å². The van der Waals surface area contributed by atoms with E-state index < -0.39 is 0 Å². The summed E-state index contributed by atoms with van der Waals surface area (Å²) in [5, 5.41) is 3.49. The molecule has 1 aromatic carbocycles. The number of thiazole rings is 1. The number of rotatable bonds is 4. The molecule has 0 bridgehead atoms. The van der Waals surface area contributed by atoms with E-state index >= 15 is 0 Å². The summed E-state index contributed by atoms with van der Waals surface area (Å²) in [6.45, 7) is 6.82. The molecule has 2 aliphatic rings. The van der Waals surface area contributed by atoms with Gasteiger partial charge in [-0.3, -0.25) is 14.2 Å². The molecule has 2 aliphatic heterocycles. The first kappa shape index (κ1) is 20.3. The van der Waals surface area contributed by atoms with Gasteiger partial charge in [0.05, 0.1) is 12.8 Å². The lowest BCUT2D eigenvalue weighted by Gasteiger charge is -2.17. The molecule has 1 fully saturated rings. The number of hydrogen-bond donors (Lipinski definition) is 1. The highest BCUT2D eigenvalue weighted by atomic mass is 32.2. The summed E-state index contributed by atoms with van der Waals surface area (Å²) in [7, 11) is 1.64. The van der Waals surface area contributed by atoms with Crippen LogP contribution in [-0.4, -0.2) is 28.4 Å². The number of thiocarbonyl (C=S) groups is 1. The number of carbonyl (C=O) groups is 1. The van der Waals surface area contributed by atoms with Gasteiger partial charge in [-0.2, -0.15) is 0 Å². The Balaban J connectivity index is 2.00. The number of benzene rings is 1. The van der Waals surface area contributed by atoms with E-state index in [9.17, 15) is 9.59 Å². The minimum absolute atomic E-state index is 0.135. The van der Waals surface area contributed by atoms with Gasteiger partial charge in [0.1, 0.15) is 29.2 Å². The topological polar surface area (TPSA) is 63.6 Å². The van der Waals surface area contributed by atoms with E-state index in [0.29, 0.717) is 31.5 Å². The summed E-state index contributed by atoms with van der Waals surface area (Å²) in [6.07, 6.45) is 1.65. The summed E-state index contributed by atoms with van der Waals surface area (Å²) in [5.41, 5.74) is 0.877. The van der Waals surface area contributed by atoms with E-state index in [1.165, 1.54) is 23.1 Å². The van der Waals surface area contributed by atoms with Gasteiger partial charge in [0, 0.05) is 24.1 Å². The van der Waals surface area contributed by atoms with Crippen molar-refractivity contribution in [3.05, 3.63) is 50.4 Å². The number of aromatic nitrogens is 1. The SMILES string of the molecule is C=CCn1c(=C2SC(=S)NC2=O)sc(=C2Sc3ccc(OC)cc3N2CC)c1=O. The molecule has 1 saturated heterocycles. The quantitative estimate of drug-likeness (QED) is 0.550. The van der Waals surface area contributed by atoms with Crippen LogP contribution >= 0.6 is 47.1 Å². The van der Waals surface area contributed by atoms with Crippen molar-refractivity contribution in [3.63, 3.8) is 0 Å². The molecule has 10 heteroatoms. The summed E-state index contributed by atoms with van der Waals surface area (Å²) >= 11 is 9.18. The van der Waals surface area contributed by atoms with Crippen molar-refractivity contribution in [2.24, 2.45) is 0 Å². The summed E-state index contributed by atoms with van der Waals surface area (Å²) in [4.78, 5) is 29.3. The maximum absolute atomic E-state index is 13.3. The van der Waals surface area contributed by atoms with Gasteiger partial charge in [-0.1, -0.05) is 41.8 Å². The molecule has 0 aliphatic carbocycles. The van der Waals surface area contributed by atoms with Gasteiger partial charge in [-0.25, -0.2) is 0 Å². The summed E-state index contributed by atoms with van der Waals surface area (Å²) in [6, 6.07) is 5.89. The zero-order valence-corrected chi connectivity index (χ0v) is 18.9. The van der Waals surface area contributed by atoms with Crippen LogP contribution in [0.5, 0.6) is 5.75 Å². The van der Waals surface area contributed by atoms with E-state index in [2.05, 4.69) is 16.8 Å². The summed E-state index contributed by atoms with van der Waals surface area (Å²) in [5.74, 6) is 0.498. The van der Waals surface area contributed by atoms with Gasteiger partial charge in [0.15, 0.2) is 0 Å². The second-order valence-electron chi connectivity index (χ2n) is 6.10. The number of nitrogens with zero attached hydrogens (tertiary/aromatic N) is 2. The fourth-order valence-corrected chi connectivity index (χ4v) is 6.83. The third-order valence-corrected chi connectivity index (χ3v) is 8.28. The average molecular weight is 464 g/mol. The van der Waals surface area contributed by atoms with Crippen molar-refractivity contribution in [1.29, 1.82) is 0 Å². The van der Waals surface area contributed by atoms with Crippen LogP contribution in [0, 0.1) is 0 Å². The Morgan fingerprint density at radius 1 is 1.31 bits per heavy atom. The standard InChI is InChI=1S/C19H17N3O3S4/c1-4-8-22-16(24)14(28-17(22)13-15(23)20-19(26)29-13)18-21(5-2)11-9-10(25-3)6-7-12(11)27-18/h4,6-7,9H,1,5,8H2,2-3H3,(H,20,23,26). The fraction of sp³-hybridized carbons (Fsp3) is 0.211. The predicted molar refractivity (Wildman–Crippen MR) is 125 cm³/mol. The number of methoxy groups -OCH3 is 1. The number of allylic oxidation sites excluding steroid dienone is 1. The van der Waals surface area contributed by atoms with Crippen molar-refractivity contribution >= 4 is 72.9 Å². The second kappa shape index (κ2) is 8.02. The van der Waals surface area contributed by atoms with Crippen LogP contribution < -0.4 is 29.7 Å². The normalized spacial score (nSPS) is 19.4. The van der Waals surface area contributed by atoms with Gasteiger partial charge in [0.25, 0.3) is 11.5 Å². The van der Waals surface area contributed by atoms with Crippen LogP contribution in [-0.2, 0) is 11.3 Å². The zero-order chi connectivity index (χ0) is 20.7. The van der Waals surface area contributed by atoms with Gasteiger partial charge in [-0.05, 0) is 19.1 Å². The maximum Gasteiger partial charge on any atom is 0.272 e. The van der Waals surface area contributed by atoms with E-state index in [1.807, 2.05) is 25.1 Å². The summed E-state index contributed by atoms with van der Waals surface area (Å²) < 4.78 is 8.55. The zero-order valence-electron chi connectivity index (χ0n) is 15.7. The number of nitrogens with one attached hydrogen (secondary N) is 1. The first-order valence-electron chi connectivity index (χ1n) is 8.74. The molecule has 0 spiro atoms. The van der Waals surface area contributed by atoms with Crippen LogP contribution in [0.25, 0.3) is 9.93 Å². The molecule has 0 unspecified atom stereocenters. The lowest BCUT2D eigenvalue weighted by molar-refractivity contribution is -0.113. The van der Waals surface area contributed by atoms with Crippen LogP contribution in [0.2, 0.25) is 0 Å². The Kier molecular flexibility index (Phi) is 5.60. The first-order chi connectivity index (χ1) is 14.0. The molecule has 1 aromatic heterocycles. The van der Waals surface area contributed by atoms with E-state index in [4.69, 9.17) is 17.0 Å². The fourth-order valence-electron chi connectivity index (χ4n) is 3.14. The molecule has 1 amide bonds. The van der Waals surface area contributed by atoms with Crippen molar-refractivity contribution in [2.45, 2.75) is 18.4 Å². The highest BCUT2D eigenvalue weighted by Crippen LogP contribution is 2.47. The van der Waals surface area contributed by atoms with Gasteiger partial charge < -0.3 is 15.0 Å². The number of carbonyl (C=O) groups excluding carboxylic acids is 1. The first-order valence-corrected chi connectivity index (χ1v) is 11.6.